The van der Waals surface area contributed by atoms with E-state index in [1.165, 1.54) is 24.2 Å². The van der Waals surface area contributed by atoms with Gasteiger partial charge < -0.3 is 5.32 Å². The first-order valence-electron chi connectivity index (χ1n) is 6.16. The third-order valence-electron chi connectivity index (χ3n) is 3.54. The normalized spacial score (nSPS) is 22.0. The zero-order valence-corrected chi connectivity index (χ0v) is 11.6. The Hall–Kier alpha value is -0.880. The van der Waals surface area contributed by atoms with E-state index in [1.54, 1.807) is 6.07 Å². The monoisotopic (exact) mass is 285 g/mol. The summed E-state index contributed by atoms with van der Waals surface area (Å²) in [7, 11) is -2.95. The molecule has 1 N–H and O–H groups in total. The summed E-state index contributed by atoms with van der Waals surface area (Å²) in [5.74, 6) is 0.151. The molecule has 1 aliphatic carbocycles. The number of hydrogen-bond acceptors (Lipinski definition) is 4. The molecule has 0 bridgehead atoms. The molecule has 6 heteroatoms. The van der Waals surface area contributed by atoms with Crippen molar-refractivity contribution < 1.29 is 13.2 Å². The lowest BCUT2D eigenvalue weighted by atomic mass is 10.2. The highest BCUT2D eigenvalue weighted by atomic mass is 32.2. The second kappa shape index (κ2) is 4.35. The van der Waals surface area contributed by atoms with Crippen molar-refractivity contribution in [2.45, 2.75) is 43.2 Å². The summed E-state index contributed by atoms with van der Waals surface area (Å²) in [4.78, 5) is 13.5. The second-order valence-corrected chi connectivity index (χ2v) is 8.25. The number of amides is 1. The van der Waals surface area contributed by atoms with Gasteiger partial charge in [-0.05, 0) is 24.5 Å². The van der Waals surface area contributed by atoms with Gasteiger partial charge in [0, 0.05) is 10.9 Å². The first-order chi connectivity index (χ1) is 8.53. The fourth-order valence-electron chi connectivity index (χ4n) is 2.64. The largest absolute Gasteiger partial charge is 0.349 e. The standard InChI is InChI=1S/C12H15NO3S2/c14-12(13-9-3-1-2-4-9)10-5-8-6-18(15,16)7-11(8)17-10/h5,9H,1-4,6-7H2,(H,13,14). The van der Waals surface area contributed by atoms with Crippen LogP contribution in [0.25, 0.3) is 0 Å². The molecule has 4 nitrogen and oxygen atoms in total. The number of rotatable bonds is 2. The van der Waals surface area contributed by atoms with Crippen LogP contribution in [0.3, 0.4) is 0 Å². The van der Waals surface area contributed by atoms with Crippen molar-refractivity contribution >= 4 is 27.1 Å². The van der Waals surface area contributed by atoms with E-state index in [0.717, 1.165) is 23.3 Å². The highest BCUT2D eigenvalue weighted by Gasteiger charge is 2.29. The van der Waals surface area contributed by atoms with Crippen LogP contribution in [0.4, 0.5) is 0 Å². The molecular formula is C12H15NO3S2. The average Bonchev–Trinajstić information content (AvgIpc) is 2.91. The molecule has 2 heterocycles. The van der Waals surface area contributed by atoms with E-state index in [9.17, 15) is 13.2 Å². The van der Waals surface area contributed by atoms with Gasteiger partial charge in [-0.2, -0.15) is 0 Å². The minimum atomic E-state index is -2.95. The van der Waals surface area contributed by atoms with E-state index in [4.69, 9.17) is 0 Å². The number of thiophene rings is 1. The summed E-state index contributed by atoms with van der Waals surface area (Å²) in [6.45, 7) is 0. The first-order valence-corrected chi connectivity index (χ1v) is 8.80. The molecule has 2 aliphatic rings. The van der Waals surface area contributed by atoms with Crippen LogP contribution < -0.4 is 5.32 Å². The molecular weight excluding hydrogens is 270 g/mol. The number of nitrogens with one attached hydrogen (secondary N) is 1. The van der Waals surface area contributed by atoms with E-state index in [1.807, 2.05) is 0 Å². The van der Waals surface area contributed by atoms with Crippen LogP contribution in [0.2, 0.25) is 0 Å². The SMILES string of the molecule is O=C(NC1CCCC1)c1cc2c(s1)CS(=O)(=O)C2. The van der Waals surface area contributed by atoms with Crippen molar-refractivity contribution in [1.82, 2.24) is 5.32 Å². The minimum Gasteiger partial charge on any atom is -0.349 e. The Labute approximate surface area is 110 Å². The van der Waals surface area contributed by atoms with Gasteiger partial charge in [-0.25, -0.2) is 8.42 Å². The lowest BCUT2D eigenvalue weighted by Gasteiger charge is -2.10. The molecule has 0 saturated heterocycles. The molecule has 1 aromatic heterocycles. The van der Waals surface area contributed by atoms with Crippen molar-refractivity contribution in [1.29, 1.82) is 0 Å². The predicted molar refractivity (Wildman–Crippen MR) is 70.4 cm³/mol. The highest BCUT2D eigenvalue weighted by molar-refractivity contribution is 7.90. The molecule has 0 aromatic carbocycles. The van der Waals surface area contributed by atoms with Gasteiger partial charge in [0.15, 0.2) is 9.84 Å². The van der Waals surface area contributed by atoms with Crippen LogP contribution >= 0.6 is 11.3 Å². The van der Waals surface area contributed by atoms with E-state index >= 15 is 0 Å². The Bertz CT molecular complexity index is 553. The van der Waals surface area contributed by atoms with Gasteiger partial charge in [0.1, 0.15) is 0 Å². The topological polar surface area (TPSA) is 63.2 Å². The van der Waals surface area contributed by atoms with E-state index in [2.05, 4.69) is 5.32 Å². The quantitative estimate of drug-likeness (QED) is 0.902. The zero-order chi connectivity index (χ0) is 12.8. The van der Waals surface area contributed by atoms with Gasteiger partial charge in [-0.1, -0.05) is 12.8 Å². The molecule has 1 aromatic rings. The van der Waals surface area contributed by atoms with Crippen molar-refractivity contribution in [3.63, 3.8) is 0 Å². The van der Waals surface area contributed by atoms with Crippen LogP contribution in [0.5, 0.6) is 0 Å². The van der Waals surface area contributed by atoms with Crippen LogP contribution in [-0.4, -0.2) is 20.4 Å². The van der Waals surface area contributed by atoms with Crippen molar-refractivity contribution in [2.75, 3.05) is 0 Å². The highest BCUT2D eigenvalue weighted by Crippen LogP contribution is 2.32. The molecule has 0 atom stereocenters. The molecule has 1 fully saturated rings. The van der Waals surface area contributed by atoms with Gasteiger partial charge in [-0.15, -0.1) is 11.3 Å². The lowest BCUT2D eigenvalue weighted by molar-refractivity contribution is 0.0942. The molecule has 0 radical (unpaired) electrons. The van der Waals surface area contributed by atoms with E-state index in [0.29, 0.717) is 10.9 Å². The molecule has 3 rings (SSSR count). The Morgan fingerprint density at radius 2 is 2.00 bits per heavy atom. The molecule has 98 valence electrons. The van der Waals surface area contributed by atoms with Gasteiger partial charge in [0.25, 0.3) is 5.91 Å². The fraction of sp³-hybridized carbons (Fsp3) is 0.583. The third-order valence-corrected chi connectivity index (χ3v) is 6.38. The maximum absolute atomic E-state index is 12.0. The van der Waals surface area contributed by atoms with Gasteiger partial charge >= 0.3 is 0 Å². The Morgan fingerprint density at radius 1 is 1.28 bits per heavy atom. The summed E-state index contributed by atoms with van der Waals surface area (Å²) >= 11 is 1.32. The zero-order valence-electron chi connectivity index (χ0n) is 9.94. The number of fused-ring (bicyclic) bond motifs is 1. The number of carbonyl (C=O) groups is 1. The number of carbonyl (C=O) groups excluding carboxylic acids is 1. The summed E-state index contributed by atoms with van der Waals surface area (Å²) < 4.78 is 22.8. The summed E-state index contributed by atoms with van der Waals surface area (Å²) in [6, 6.07) is 2.05. The summed E-state index contributed by atoms with van der Waals surface area (Å²) in [5, 5.41) is 3.03. The van der Waals surface area contributed by atoms with E-state index < -0.39 is 9.84 Å². The van der Waals surface area contributed by atoms with Crippen molar-refractivity contribution in [2.24, 2.45) is 0 Å². The number of sulfone groups is 1. The molecule has 1 aliphatic heterocycles. The maximum Gasteiger partial charge on any atom is 0.261 e. The Kier molecular flexibility index (Phi) is 2.94. The fourth-order valence-corrected chi connectivity index (χ4v) is 5.80. The summed E-state index contributed by atoms with van der Waals surface area (Å²) in [5.41, 5.74) is 0.816. The van der Waals surface area contributed by atoms with Crippen LogP contribution in [-0.2, 0) is 21.3 Å². The summed E-state index contributed by atoms with van der Waals surface area (Å²) in [6.07, 6.45) is 4.49. The van der Waals surface area contributed by atoms with Gasteiger partial charge in [0.2, 0.25) is 0 Å². The van der Waals surface area contributed by atoms with Crippen molar-refractivity contribution in [3.05, 3.63) is 21.4 Å². The lowest BCUT2D eigenvalue weighted by Crippen LogP contribution is -2.32. The molecule has 0 unspecified atom stereocenters. The van der Waals surface area contributed by atoms with Crippen molar-refractivity contribution in [3.8, 4) is 0 Å². The van der Waals surface area contributed by atoms with E-state index in [-0.39, 0.29) is 17.4 Å². The molecule has 1 saturated carbocycles. The molecule has 18 heavy (non-hydrogen) atoms. The first kappa shape index (κ1) is 12.2. The number of hydrogen-bond donors (Lipinski definition) is 1. The molecule has 1 amide bonds. The molecule has 0 spiro atoms. The average molecular weight is 285 g/mol. The van der Waals surface area contributed by atoms with Crippen LogP contribution in [0, 0.1) is 0 Å². The van der Waals surface area contributed by atoms with Gasteiger partial charge in [-0.3, -0.25) is 4.79 Å². The van der Waals surface area contributed by atoms with Crippen LogP contribution in [0.1, 0.15) is 45.8 Å². The maximum atomic E-state index is 12.0. The third kappa shape index (κ3) is 2.31. The Balaban J connectivity index is 1.73. The predicted octanol–water partition coefficient (Wildman–Crippen LogP) is 1.85. The van der Waals surface area contributed by atoms with Crippen LogP contribution in [0.15, 0.2) is 6.07 Å². The van der Waals surface area contributed by atoms with Gasteiger partial charge in [0.05, 0.1) is 16.4 Å². The minimum absolute atomic E-state index is 0.0429. The smallest absolute Gasteiger partial charge is 0.261 e. The second-order valence-electron chi connectivity index (χ2n) is 5.05. The Morgan fingerprint density at radius 3 is 2.67 bits per heavy atom.